The first kappa shape index (κ1) is 12.5. The monoisotopic (exact) mass is 269 g/mol. The maximum atomic E-state index is 11.6. The molecule has 1 amide bonds. The maximum absolute atomic E-state index is 11.6. The molecule has 2 rings (SSSR count). The van der Waals surface area contributed by atoms with Gasteiger partial charge < -0.3 is 15.3 Å². The average molecular weight is 269 g/mol. The molecule has 18 heavy (non-hydrogen) atoms. The number of amides is 1. The third-order valence-corrected chi connectivity index (χ3v) is 3.17. The van der Waals surface area contributed by atoms with Crippen LogP contribution >= 0.6 is 11.3 Å². The van der Waals surface area contributed by atoms with E-state index < -0.39 is 12.1 Å². The standard InChI is InChI=1S/C10H11N3O4S/c14-9(7-5-6(10(15)16)13-17-7)12-2-1-8-11-3-4-18-8/h3-4,7H,1-2,5H2,(H,12,14)(H,15,16). The SMILES string of the molecule is O=C(O)C1=NOC(C(=O)NCCc2nccs2)C1. The third-order valence-electron chi connectivity index (χ3n) is 2.33. The van der Waals surface area contributed by atoms with E-state index in [-0.39, 0.29) is 18.0 Å². The van der Waals surface area contributed by atoms with Crippen LogP contribution in [0, 0.1) is 0 Å². The molecule has 0 saturated heterocycles. The van der Waals surface area contributed by atoms with Crippen molar-refractivity contribution in [2.75, 3.05) is 6.54 Å². The molecule has 1 aliphatic heterocycles. The largest absolute Gasteiger partial charge is 0.477 e. The molecule has 1 aliphatic rings. The molecule has 8 heteroatoms. The summed E-state index contributed by atoms with van der Waals surface area (Å²) >= 11 is 1.52. The number of carboxylic acids is 1. The Balaban J connectivity index is 1.72. The van der Waals surface area contributed by atoms with Gasteiger partial charge in [-0.2, -0.15) is 0 Å². The zero-order chi connectivity index (χ0) is 13.0. The summed E-state index contributed by atoms with van der Waals surface area (Å²) in [5.41, 5.74) is -0.130. The van der Waals surface area contributed by atoms with Crippen LogP contribution in [0.1, 0.15) is 11.4 Å². The van der Waals surface area contributed by atoms with Crippen molar-refractivity contribution in [2.45, 2.75) is 18.9 Å². The zero-order valence-corrected chi connectivity index (χ0v) is 10.1. The van der Waals surface area contributed by atoms with Crippen LogP contribution in [0.2, 0.25) is 0 Å². The normalized spacial score (nSPS) is 18.0. The molecule has 96 valence electrons. The molecule has 0 radical (unpaired) electrons. The molecule has 0 bridgehead atoms. The van der Waals surface area contributed by atoms with Gasteiger partial charge in [0.25, 0.3) is 5.91 Å². The van der Waals surface area contributed by atoms with Crippen LogP contribution in [-0.4, -0.2) is 40.3 Å². The van der Waals surface area contributed by atoms with Gasteiger partial charge in [0.05, 0.1) is 5.01 Å². The van der Waals surface area contributed by atoms with E-state index in [4.69, 9.17) is 9.94 Å². The maximum Gasteiger partial charge on any atom is 0.353 e. The number of oxime groups is 1. The molecule has 0 fully saturated rings. The van der Waals surface area contributed by atoms with E-state index in [1.807, 2.05) is 5.38 Å². The second-order valence-corrected chi connectivity index (χ2v) is 4.59. The Morgan fingerprint density at radius 2 is 2.44 bits per heavy atom. The fourth-order valence-electron chi connectivity index (χ4n) is 1.43. The fourth-order valence-corrected chi connectivity index (χ4v) is 2.05. The van der Waals surface area contributed by atoms with Gasteiger partial charge in [0, 0.05) is 31.0 Å². The molecule has 2 heterocycles. The molecular weight excluding hydrogens is 258 g/mol. The molecule has 0 spiro atoms. The first-order valence-electron chi connectivity index (χ1n) is 5.29. The number of nitrogens with one attached hydrogen (secondary N) is 1. The molecule has 1 unspecified atom stereocenters. The van der Waals surface area contributed by atoms with Crippen molar-refractivity contribution in [3.8, 4) is 0 Å². The Hall–Kier alpha value is -1.96. The van der Waals surface area contributed by atoms with Crippen LogP contribution in [-0.2, 0) is 20.8 Å². The van der Waals surface area contributed by atoms with Crippen molar-refractivity contribution in [1.82, 2.24) is 10.3 Å². The lowest BCUT2D eigenvalue weighted by atomic mass is 10.1. The molecule has 1 aromatic rings. The highest BCUT2D eigenvalue weighted by molar-refractivity contribution is 7.09. The summed E-state index contributed by atoms with van der Waals surface area (Å²) in [6.45, 7) is 0.439. The molecule has 2 N–H and O–H groups in total. The lowest BCUT2D eigenvalue weighted by molar-refractivity contribution is -0.131. The van der Waals surface area contributed by atoms with Crippen molar-refractivity contribution in [3.63, 3.8) is 0 Å². The van der Waals surface area contributed by atoms with E-state index in [0.29, 0.717) is 13.0 Å². The van der Waals surface area contributed by atoms with Gasteiger partial charge in [0.2, 0.25) is 6.10 Å². The molecule has 1 aromatic heterocycles. The summed E-state index contributed by atoms with van der Waals surface area (Å²) in [6, 6.07) is 0. The van der Waals surface area contributed by atoms with E-state index in [1.54, 1.807) is 6.20 Å². The van der Waals surface area contributed by atoms with E-state index in [0.717, 1.165) is 5.01 Å². The van der Waals surface area contributed by atoms with Crippen molar-refractivity contribution >= 4 is 28.9 Å². The van der Waals surface area contributed by atoms with Crippen molar-refractivity contribution in [2.24, 2.45) is 5.16 Å². The summed E-state index contributed by atoms with van der Waals surface area (Å²) in [4.78, 5) is 31.1. The van der Waals surface area contributed by atoms with Crippen LogP contribution in [0.5, 0.6) is 0 Å². The minimum absolute atomic E-state index is 0.00157. The van der Waals surface area contributed by atoms with Crippen LogP contribution in [0.4, 0.5) is 0 Å². The predicted molar refractivity (Wildman–Crippen MR) is 63.4 cm³/mol. The van der Waals surface area contributed by atoms with Gasteiger partial charge in [-0.3, -0.25) is 4.79 Å². The van der Waals surface area contributed by atoms with Crippen molar-refractivity contribution in [3.05, 3.63) is 16.6 Å². The number of carbonyl (C=O) groups is 2. The quantitative estimate of drug-likeness (QED) is 0.785. The number of thiazole rings is 1. The van der Waals surface area contributed by atoms with Gasteiger partial charge in [-0.15, -0.1) is 11.3 Å². The van der Waals surface area contributed by atoms with Gasteiger partial charge in [0.15, 0.2) is 5.71 Å². The lowest BCUT2D eigenvalue weighted by Gasteiger charge is -2.08. The predicted octanol–water partition coefficient (Wildman–Crippen LogP) is 0.0313. The molecule has 1 atom stereocenters. The first-order chi connectivity index (χ1) is 8.66. The minimum atomic E-state index is -1.16. The van der Waals surface area contributed by atoms with Gasteiger partial charge >= 0.3 is 5.97 Å². The molecular formula is C10H11N3O4S. The average Bonchev–Trinajstić information content (AvgIpc) is 2.99. The Bertz CT molecular complexity index is 471. The van der Waals surface area contributed by atoms with E-state index in [9.17, 15) is 9.59 Å². The van der Waals surface area contributed by atoms with Crippen LogP contribution in [0.3, 0.4) is 0 Å². The second-order valence-electron chi connectivity index (χ2n) is 3.61. The van der Waals surface area contributed by atoms with Gasteiger partial charge in [-0.05, 0) is 0 Å². The number of nitrogens with zero attached hydrogens (tertiary/aromatic N) is 2. The Morgan fingerprint density at radius 3 is 3.06 bits per heavy atom. The lowest BCUT2D eigenvalue weighted by Crippen LogP contribution is -2.36. The summed E-state index contributed by atoms with van der Waals surface area (Å²) < 4.78 is 0. The number of hydrogen-bond acceptors (Lipinski definition) is 6. The fraction of sp³-hybridized carbons (Fsp3) is 0.400. The summed E-state index contributed by atoms with van der Waals surface area (Å²) in [6.07, 6.45) is 1.50. The molecule has 0 aliphatic carbocycles. The number of rotatable bonds is 5. The van der Waals surface area contributed by atoms with E-state index in [2.05, 4.69) is 15.5 Å². The number of carboxylic acid groups (broad SMARTS) is 1. The first-order valence-corrected chi connectivity index (χ1v) is 6.17. The van der Waals surface area contributed by atoms with Gasteiger partial charge in [0.1, 0.15) is 0 Å². The highest BCUT2D eigenvalue weighted by Crippen LogP contribution is 2.11. The van der Waals surface area contributed by atoms with E-state index in [1.165, 1.54) is 11.3 Å². The topological polar surface area (TPSA) is 101 Å². The highest BCUT2D eigenvalue weighted by atomic mass is 32.1. The van der Waals surface area contributed by atoms with Crippen LogP contribution < -0.4 is 5.32 Å². The van der Waals surface area contributed by atoms with Crippen LogP contribution in [0.15, 0.2) is 16.7 Å². The molecule has 7 nitrogen and oxygen atoms in total. The highest BCUT2D eigenvalue weighted by Gasteiger charge is 2.31. The smallest absolute Gasteiger partial charge is 0.353 e. The number of carbonyl (C=O) groups excluding carboxylic acids is 1. The molecule has 0 saturated carbocycles. The Labute approximate surface area is 106 Å². The van der Waals surface area contributed by atoms with Crippen molar-refractivity contribution < 1.29 is 19.5 Å². The summed E-state index contributed by atoms with van der Waals surface area (Å²) in [5.74, 6) is -1.51. The van der Waals surface area contributed by atoms with E-state index >= 15 is 0 Å². The van der Waals surface area contributed by atoms with Gasteiger partial charge in [-0.1, -0.05) is 5.16 Å². The summed E-state index contributed by atoms with van der Waals surface area (Å²) in [7, 11) is 0. The van der Waals surface area contributed by atoms with Crippen LogP contribution in [0.25, 0.3) is 0 Å². The van der Waals surface area contributed by atoms with Gasteiger partial charge in [-0.25, -0.2) is 9.78 Å². The number of aliphatic carboxylic acids is 1. The Kier molecular flexibility index (Phi) is 3.88. The van der Waals surface area contributed by atoms with Crippen molar-refractivity contribution in [1.29, 1.82) is 0 Å². The number of aromatic nitrogens is 1. The number of hydrogen-bond donors (Lipinski definition) is 2. The minimum Gasteiger partial charge on any atom is -0.477 e. The second kappa shape index (κ2) is 5.58. The summed E-state index contributed by atoms with van der Waals surface area (Å²) in [5, 5.41) is 17.5. The molecule has 0 aromatic carbocycles. The Morgan fingerprint density at radius 1 is 1.61 bits per heavy atom. The third kappa shape index (κ3) is 3.04. The zero-order valence-electron chi connectivity index (χ0n) is 9.33.